The van der Waals surface area contributed by atoms with Gasteiger partial charge in [0.1, 0.15) is 0 Å². The van der Waals surface area contributed by atoms with Crippen LogP contribution in [0.1, 0.15) is 11.1 Å². The van der Waals surface area contributed by atoms with Crippen LogP contribution in [0.5, 0.6) is 0 Å². The largest absolute Gasteiger partial charge is 0.240 e. The summed E-state index contributed by atoms with van der Waals surface area (Å²) in [6.07, 6.45) is 3.49. The number of rotatable bonds is 4. The zero-order valence-corrected chi connectivity index (χ0v) is 12.1. The van der Waals surface area contributed by atoms with Crippen LogP contribution in [-0.4, -0.2) is 12.2 Å². The third kappa shape index (κ3) is 3.88. The first-order valence-corrected chi connectivity index (χ1v) is 6.62. The van der Waals surface area contributed by atoms with Crippen molar-refractivity contribution in [1.82, 2.24) is 0 Å². The molecule has 0 radical (unpaired) electrons. The smallest absolute Gasteiger partial charge is 0.211 e. The Morgan fingerprint density at radius 3 is 1.57 bits per heavy atom. The summed E-state index contributed by atoms with van der Waals surface area (Å²) in [5.74, 6) is 0. The van der Waals surface area contributed by atoms with E-state index in [0.29, 0.717) is 27.8 Å². The summed E-state index contributed by atoms with van der Waals surface area (Å²) in [5, 5.41) is 0.758. The summed E-state index contributed by atoms with van der Waals surface area (Å²) in [4.78, 5) is 27.4. The van der Waals surface area contributed by atoms with Gasteiger partial charge in [-0.25, -0.2) is 9.59 Å². The Hall–Kier alpha value is -2.22. The van der Waals surface area contributed by atoms with Gasteiger partial charge in [0, 0.05) is 0 Å². The molecule has 0 heterocycles. The fourth-order valence-electron chi connectivity index (χ4n) is 1.84. The molecular formula is C15H8Cl2N2O2. The van der Waals surface area contributed by atoms with Crippen LogP contribution in [0.3, 0.4) is 0 Å². The highest BCUT2D eigenvalue weighted by Crippen LogP contribution is 2.29. The number of isocyanates is 2. The van der Waals surface area contributed by atoms with Crippen LogP contribution in [-0.2, 0) is 16.0 Å². The first kappa shape index (κ1) is 15.2. The van der Waals surface area contributed by atoms with Crippen molar-refractivity contribution in [3.05, 3.63) is 57.6 Å². The topological polar surface area (TPSA) is 58.9 Å². The third-order valence-electron chi connectivity index (χ3n) is 2.76. The van der Waals surface area contributed by atoms with Crippen molar-refractivity contribution < 1.29 is 9.59 Å². The Bertz CT molecular complexity index is 712. The molecule has 0 saturated carbocycles. The predicted octanol–water partition coefficient (Wildman–Crippen LogP) is 4.52. The van der Waals surface area contributed by atoms with Crippen LogP contribution in [0.25, 0.3) is 0 Å². The quantitative estimate of drug-likeness (QED) is 0.614. The molecule has 0 bridgehead atoms. The van der Waals surface area contributed by atoms with E-state index >= 15 is 0 Å². The molecule has 104 valence electrons. The summed E-state index contributed by atoms with van der Waals surface area (Å²) in [6.45, 7) is 0. The average Bonchev–Trinajstić information content (AvgIpc) is 2.45. The SMILES string of the molecule is O=C=Nc1ccc(Cc2ccc(N=C=O)c(Cl)c2)cc1Cl. The second-order valence-electron chi connectivity index (χ2n) is 4.15. The number of carbonyl (C=O) groups excluding carboxylic acids is 2. The summed E-state index contributed by atoms with van der Waals surface area (Å²) in [7, 11) is 0. The zero-order valence-electron chi connectivity index (χ0n) is 10.6. The number of nitrogens with zero attached hydrogens (tertiary/aromatic N) is 2. The number of aliphatic imine (C=N–C) groups is 2. The van der Waals surface area contributed by atoms with Gasteiger partial charge >= 0.3 is 0 Å². The van der Waals surface area contributed by atoms with E-state index in [9.17, 15) is 9.59 Å². The van der Waals surface area contributed by atoms with Gasteiger partial charge in [0.05, 0.1) is 21.4 Å². The van der Waals surface area contributed by atoms with Gasteiger partial charge in [0.2, 0.25) is 12.2 Å². The van der Waals surface area contributed by atoms with Crippen molar-refractivity contribution >= 4 is 46.7 Å². The Labute approximate surface area is 130 Å². The van der Waals surface area contributed by atoms with Crippen LogP contribution in [0.4, 0.5) is 11.4 Å². The summed E-state index contributed by atoms with van der Waals surface area (Å²) in [5.41, 5.74) is 2.63. The van der Waals surface area contributed by atoms with E-state index < -0.39 is 0 Å². The minimum absolute atomic E-state index is 0.379. The molecule has 0 aliphatic carbocycles. The van der Waals surface area contributed by atoms with E-state index in [4.69, 9.17) is 23.2 Å². The molecule has 2 aromatic rings. The second kappa shape index (κ2) is 6.98. The molecule has 0 aliphatic heterocycles. The van der Waals surface area contributed by atoms with E-state index in [1.54, 1.807) is 24.3 Å². The van der Waals surface area contributed by atoms with E-state index in [1.165, 1.54) is 12.2 Å². The third-order valence-corrected chi connectivity index (χ3v) is 3.37. The van der Waals surface area contributed by atoms with Crippen LogP contribution >= 0.6 is 23.2 Å². The normalized spacial score (nSPS) is 9.62. The van der Waals surface area contributed by atoms with Crippen molar-refractivity contribution in [2.24, 2.45) is 9.98 Å². The van der Waals surface area contributed by atoms with Gasteiger partial charge in [0.25, 0.3) is 0 Å². The van der Waals surface area contributed by atoms with Gasteiger partial charge in [-0.1, -0.05) is 35.3 Å². The highest BCUT2D eigenvalue weighted by Gasteiger charge is 2.05. The van der Waals surface area contributed by atoms with E-state index in [1.807, 2.05) is 12.1 Å². The van der Waals surface area contributed by atoms with Gasteiger partial charge in [-0.15, -0.1) is 0 Å². The van der Waals surface area contributed by atoms with Gasteiger partial charge in [-0.05, 0) is 41.8 Å². The maximum absolute atomic E-state index is 10.2. The molecule has 2 rings (SSSR count). The Kier molecular flexibility index (Phi) is 5.04. The molecule has 0 aromatic heterocycles. The monoisotopic (exact) mass is 318 g/mol. The molecular weight excluding hydrogens is 311 g/mol. The molecule has 0 atom stereocenters. The van der Waals surface area contributed by atoms with Crippen LogP contribution in [0, 0.1) is 0 Å². The minimum atomic E-state index is 0.379. The maximum Gasteiger partial charge on any atom is 0.240 e. The van der Waals surface area contributed by atoms with E-state index in [-0.39, 0.29) is 0 Å². The number of hydrogen-bond donors (Lipinski definition) is 0. The fourth-order valence-corrected chi connectivity index (χ4v) is 2.33. The molecule has 2 aromatic carbocycles. The Balaban J connectivity index is 2.26. The minimum Gasteiger partial charge on any atom is -0.211 e. The van der Waals surface area contributed by atoms with E-state index in [0.717, 1.165) is 11.1 Å². The van der Waals surface area contributed by atoms with Crippen molar-refractivity contribution in [1.29, 1.82) is 0 Å². The number of hydrogen-bond acceptors (Lipinski definition) is 4. The predicted molar refractivity (Wildman–Crippen MR) is 81.3 cm³/mol. The maximum atomic E-state index is 10.2. The lowest BCUT2D eigenvalue weighted by molar-refractivity contribution is 0.564. The second-order valence-corrected chi connectivity index (χ2v) is 4.97. The zero-order chi connectivity index (χ0) is 15.2. The average molecular weight is 319 g/mol. The summed E-state index contributed by atoms with van der Waals surface area (Å²) >= 11 is 12.0. The Morgan fingerprint density at radius 1 is 0.810 bits per heavy atom. The van der Waals surface area contributed by atoms with Gasteiger partial charge in [-0.3, -0.25) is 0 Å². The molecule has 0 saturated heterocycles. The summed E-state index contributed by atoms with van der Waals surface area (Å²) in [6, 6.07) is 10.4. The van der Waals surface area contributed by atoms with Crippen LogP contribution in [0.2, 0.25) is 10.0 Å². The fraction of sp³-hybridized carbons (Fsp3) is 0.0667. The lowest BCUT2D eigenvalue weighted by Crippen LogP contribution is -1.88. The van der Waals surface area contributed by atoms with Crippen molar-refractivity contribution in [2.75, 3.05) is 0 Å². The van der Waals surface area contributed by atoms with Crippen LogP contribution < -0.4 is 0 Å². The lowest BCUT2D eigenvalue weighted by Gasteiger charge is -2.05. The highest BCUT2D eigenvalue weighted by atomic mass is 35.5. The standard InChI is InChI=1S/C15H8Cl2N2O2/c16-12-6-10(1-3-14(12)18-8-20)5-11-2-4-15(19-9-21)13(17)7-11/h1-4,6-7H,5H2. The van der Waals surface area contributed by atoms with Gasteiger partial charge in [0.15, 0.2) is 0 Å². The van der Waals surface area contributed by atoms with E-state index in [2.05, 4.69) is 9.98 Å². The molecule has 0 spiro atoms. The first-order valence-electron chi connectivity index (χ1n) is 5.86. The molecule has 0 unspecified atom stereocenters. The number of benzene rings is 2. The first-order chi connectivity index (χ1) is 10.1. The van der Waals surface area contributed by atoms with Crippen molar-refractivity contribution in [3.8, 4) is 0 Å². The van der Waals surface area contributed by atoms with Crippen LogP contribution in [0.15, 0.2) is 46.4 Å². The molecule has 0 amide bonds. The van der Waals surface area contributed by atoms with Gasteiger partial charge < -0.3 is 0 Å². The van der Waals surface area contributed by atoms with Crippen molar-refractivity contribution in [2.45, 2.75) is 6.42 Å². The molecule has 0 fully saturated rings. The van der Waals surface area contributed by atoms with Gasteiger partial charge in [-0.2, -0.15) is 9.98 Å². The molecule has 0 aliphatic rings. The number of halogens is 2. The molecule has 6 heteroatoms. The molecule has 4 nitrogen and oxygen atoms in total. The Morgan fingerprint density at radius 2 is 1.24 bits per heavy atom. The summed E-state index contributed by atoms with van der Waals surface area (Å²) < 4.78 is 0. The van der Waals surface area contributed by atoms with Crippen molar-refractivity contribution in [3.63, 3.8) is 0 Å². The molecule has 21 heavy (non-hydrogen) atoms. The molecule has 0 N–H and O–H groups in total. The highest BCUT2D eigenvalue weighted by molar-refractivity contribution is 6.33. The lowest BCUT2D eigenvalue weighted by atomic mass is 10.0.